The zero-order valence-corrected chi connectivity index (χ0v) is 16.0. The van der Waals surface area contributed by atoms with Crippen LogP contribution in [0.15, 0.2) is 47.4 Å². The second kappa shape index (κ2) is 8.37. The molecule has 1 amide bonds. The molecule has 142 valence electrons. The van der Waals surface area contributed by atoms with Gasteiger partial charge in [0.25, 0.3) is 11.7 Å². The largest absolute Gasteiger partial charge is 0.507 e. The Morgan fingerprint density at radius 3 is 2.74 bits per heavy atom. The predicted octanol–water partition coefficient (Wildman–Crippen LogP) is 3.21. The summed E-state index contributed by atoms with van der Waals surface area (Å²) in [5.74, 6) is -0.937. The summed E-state index contributed by atoms with van der Waals surface area (Å²) in [5.41, 5.74) is 0.527. The number of thiophene rings is 1. The van der Waals surface area contributed by atoms with Crippen LogP contribution in [0.4, 0.5) is 0 Å². The number of benzene rings is 1. The molecule has 27 heavy (non-hydrogen) atoms. The highest BCUT2D eigenvalue weighted by Crippen LogP contribution is 2.41. The lowest BCUT2D eigenvalue weighted by Gasteiger charge is -2.23. The summed E-state index contributed by atoms with van der Waals surface area (Å²) in [7, 11) is 1.54. The molecule has 1 saturated heterocycles. The number of carbonyl (C=O) groups excluding carboxylic acids is 2. The second-order valence-electron chi connectivity index (χ2n) is 5.96. The van der Waals surface area contributed by atoms with Crippen LogP contribution in [0.5, 0.6) is 5.75 Å². The van der Waals surface area contributed by atoms with Crippen molar-refractivity contribution in [1.29, 1.82) is 0 Å². The SMILES string of the molecule is CCOc1cccc(/C(O)=C2/C(=O)C(=O)N(CCOC)C2c2cccs2)c1. The van der Waals surface area contributed by atoms with Gasteiger partial charge in [0.15, 0.2) is 0 Å². The summed E-state index contributed by atoms with van der Waals surface area (Å²) in [4.78, 5) is 27.6. The van der Waals surface area contributed by atoms with E-state index < -0.39 is 17.7 Å². The lowest BCUT2D eigenvalue weighted by atomic mass is 10.00. The summed E-state index contributed by atoms with van der Waals surface area (Å²) in [6.07, 6.45) is 0. The van der Waals surface area contributed by atoms with Crippen molar-refractivity contribution in [3.63, 3.8) is 0 Å². The average molecular weight is 387 g/mol. The third-order valence-electron chi connectivity index (χ3n) is 4.31. The van der Waals surface area contributed by atoms with E-state index in [9.17, 15) is 14.7 Å². The highest BCUT2D eigenvalue weighted by atomic mass is 32.1. The molecule has 2 aromatic rings. The number of Topliss-reactive ketones (excluding diaryl/α,β-unsaturated/α-hetero) is 1. The molecule has 1 aliphatic heterocycles. The number of likely N-dealkylation sites (tertiary alicyclic amines) is 1. The number of ether oxygens (including phenoxy) is 2. The molecule has 0 saturated carbocycles. The Morgan fingerprint density at radius 1 is 1.26 bits per heavy atom. The quantitative estimate of drug-likeness (QED) is 0.448. The molecule has 1 atom stereocenters. The van der Waals surface area contributed by atoms with Crippen LogP contribution in [-0.2, 0) is 14.3 Å². The number of rotatable bonds is 7. The highest BCUT2D eigenvalue weighted by molar-refractivity contribution is 7.10. The van der Waals surface area contributed by atoms with Gasteiger partial charge < -0.3 is 19.5 Å². The number of aliphatic hydroxyl groups excluding tert-OH is 1. The van der Waals surface area contributed by atoms with E-state index in [0.717, 1.165) is 4.88 Å². The Hall–Kier alpha value is -2.64. The van der Waals surface area contributed by atoms with E-state index in [1.165, 1.54) is 23.3 Å². The predicted molar refractivity (Wildman–Crippen MR) is 103 cm³/mol. The van der Waals surface area contributed by atoms with E-state index in [1.807, 2.05) is 24.4 Å². The first-order valence-electron chi connectivity index (χ1n) is 8.62. The molecule has 1 aliphatic rings. The topological polar surface area (TPSA) is 76.1 Å². The van der Waals surface area contributed by atoms with Crippen molar-refractivity contribution in [2.24, 2.45) is 0 Å². The van der Waals surface area contributed by atoms with Crippen molar-refractivity contribution < 1.29 is 24.2 Å². The minimum atomic E-state index is -0.691. The van der Waals surface area contributed by atoms with Crippen LogP contribution in [0.25, 0.3) is 5.76 Å². The van der Waals surface area contributed by atoms with Gasteiger partial charge in [0.2, 0.25) is 0 Å². The summed E-state index contributed by atoms with van der Waals surface area (Å²) in [6, 6.07) is 9.93. The Morgan fingerprint density at radius 2 is 2.07 bits per heavy atom. The zero-order chi connectivity index (χ0) is 19.4. The smallest absolute Gasteiger partial charge is 0.295 e. The minimum absolute atomic E-state index is 0.0900. The van der Waals surface area contributed by atoms with Gasteiger partial charge in [0.05, 0.1) is 24.8 Å². The molecule has 2 heterocycles. The maximum atomic E-state index is 12.7. The molecule has 1 fully saturated rings. The summed E-state index contributed by atoms with van der Waals surface area (Å²) < 4.78 is 10.5. The molecule has 1 aromatic heterocycles. The lowest BCUT2D eigenvalue weighted by molar-refractivity contribution is -0.140. The Bertz CT molecular complexity index is 859. The van der Waals surface area contributed by atoms with E-state index in [-0.39, 0.29) is 17.9 Å². The first-order chi connectivity index (χ1) is 13.1. The fourth-order valence-corrected chi connectivity index (χ4v) is 3.94. The third kappa shape index (κ3) is 3.74. The van der Waals surface area contributed by atoms with Crippen LogP contribution < -0.4 is 4.74 Å². The van der Waals surface area contributed by atoms with E-state index in [1.54, 1.807) is 24.3 Å². The average Bonchev–Trinajstić information content (AvgIpc) is 3.28. The molecule has 6 nitrogen and oxygen atoms in total. The Labute approximate surface area is 161 Å². The number of hydrogen-bond donors (Lipinski definition) is 1. The fraction of sp³-hybridized carbons (Fsp3) is 0.300. The zero-order valence-electron chi connectivity index (χ0n) is 15.2. The van der Waals surface area contributed by atoms with Crippen LogP contribution in [0.3, 0.4) is 0 Å². The molecule has 7 heteroatoms. The van der Waals surface area contributed by atoms with Crippen molar-refractivity contribution in [3.8, 4) is 5.75 Å². The van der Waals surface area contributed by atoms with E-state index in [2.05, 4.69) is 0 Å². The van der Waals surface area contributed by atoms with E-state index in [4.69, 9.17) is 9.47 Å². The van der Waals surface area contributed by atoms with Crippen LogP contribution in [0, 0.1) is 0 Å². The van der Waals surface area contributed by atoms with Crippen LogP contribution in [0.1, 0.15) is 23.4 Å². The minimum Gasteiger partial charge on any atom is -0.507 e. The first kappa shape index (κ1) is 19.1. The van der Waals surface area contributed by atoms with Gasteiger partial charge in [0, 0.05) is 24.1 Å². The van der Waals surface area contributed by atoms with E-state index >= 15 is 0 Å². The number of aliphatic hydroxyl groups is 1. The highest BCUT2D eigenvalue weighted by Gasteiger charge is 2.46. The van der Waals surface area contributed by atoms with Gasteiger partial charge in [-0.2, -0.15) is 0 Å². The fourth-order valence-electron chi connectivity index (χ4n) is 3.10. The van der Waals surface area contributed by atoms with Gasteiger partial charge in [-0.05, 0) is 30.5 Å². The molecule has 0 aliphatic carbocycles. The molecule has 1 N–H and O–H groups in total. The van der Waals surface area contributed by atoms with Gasteiger partial charge in [-0.25, -0.2) is 0 Å². The Balaban J connectivity index is 2.10. The summed E-state index contributed by atoms with van der Waals surface area (Å²) in [5, 5.41) is 12.8. The molecule has 0 bridgehead atoms. The molecule has 1 aromatic carbocycles. The van der Waals surface area contributed by atoms with Crippen molar-refractivity contribution >= 4 is 28.8 Å². The number of hydrogen-bond acceptors (Lipinski definition) is 6. The molecule has 0 spiro atoms. The van der Waals surface area contributed by atoms with Crippen molar-refractivity contribution in [2.75, 3.05) is 26.9 Å². The maximum Gasteiger partial charge on any atom is 0.295 e. The van der Waals surface area contributed by atoms with Gasteiger partial charge >= 0.3 is 0 Å². The number of methoxy groups -OCH3 is 1. The van der Waals surface area contributed by atoms with Crippen LogP contribution in [0.2, 0.25) is 0 Å². The lowest BCUT2D eigenvalue weighted by Crippen LogP contribution is -2.32. The van der Waals surface area contributed by atoms with Crippen molar-refractivity contribution in [2.45, 2.75) is 13.0 Å². The molecular formula is C20H21NO5S. The van der Waals surface area contributed by atoms with Gasteiger partial charge in [-0.3, -0.25) is 9.59 Å². The summed E-state index contributed by atoms with van der Waals surface area (Å²) in [6.45, 7) is 2.92. The second-order valence-corrected chi connectivity index (χ2v) is 6.94. The van der Waals surface area contributed by atoms with Gasteiger partial charge in [0.1, 0.15) is 11.5 Å². The molecule has 0 radical (unpaired) electrons. The maximum absolute atomic E-state index is 12.7. The number of nitrogens with zero attached hydrogens (tertiary/aromatic N) is 1. The van der Waals surface area contributed by atoms with Crippen LogP contribution in [-0.4, -0.2) is 48.6 Å². The standard InChI is InChI=1S/C20H21NO5S/c1-3-26-14-7-4-6-13(12-14)18(22)16-17(15-8-5-11-27-15)21(9-10-25-2)20(24)19(16)23/h4-8,11-12,17,22H,3,9-10H2,1-2H3/b18-16-. The van der Waals surface area contributed by atoms with Crippen molar-refractivity contribution in [1.82, 2.24) is 4.90 Å². The number of carbonyl (C=O) groups is 2. The van der Waals surface area contributed by atoms with Crippen molar-refractivity contribution in [3.05, 3.63) is 57.8 Å². The first-order valence-corrected chi connectivity index (χ1v) is 9.50. The number of ketones is 1. The van der Waals surface area contributed by atoms with E-state index in [0.29, 0.717) is 24.5 Å². The summed E-state index contributed by atoms with van der Waals surface area (Å²) >= 11 is 1.43. The molecular weight excluding hydrogens is 366 g/mol. The van der Waals surface area contributed by atoms with Gasteiger partial charge in [-0.1, -0.05) is 18.2 Å². The molecule has 3 rings (SSSR count). The molecule has 1 unspecified atom stereocenters. The van der Waals surface area contributed by atoms with Gasteiger partial charge in [-0.15, -0.1) is 11.3 Å². The normalized spacial score (nSPS) is 18.9. The van der Waals surface area contributed by atoms with Crippen LogP contribution >= 0.6 is 11.3 Å². The Kier molecular flexibility index (Phi) is 5.93. The third-order valence-corrected chi connectivity index (χ3v) is 5.23. The monoisotopic (exact) mass is 387 g/mol. The number of amides is 1.